The van der Waals surface area contributed by atoms with E-state index in [0.29, 0.717) is 12.8 Å². The third kappa shape index (κ3) is 4.39. The number of ether oxygens (including phenoxy) is 2. The lowest BCUT2D eigenvalue weighted by molar-refractivity contribution is -0.140. The van der Waals surface area contributed by atoms with Gasteiger partial charge in [0.25, 0.3) is 0 Å². The van der Waals surface area contributed by atoms with Crippen molar-refractivity contribution in [2.24, 2.45) is 0 Å². The van der Waals surface area contributed by atoms with Crippen molar-refractivity contribution in [2.45, 2.75) is 12.8 Å². The van der Waals surface area contributed by atoms with Gasteiger partial charge in [-0.25, -0.2) is 0 Å². The van der Waals surface area contributed by atoms with Gasteiger partial charge in [0.15, 0.2) is 0 Å². The van der Waals surface area contributed by atoms with Crippen LogP contribution < -0.4 is 4.74 Å². The lowest BCUT2D eigenvalue weighted by atomic mass is 10.1. The second-order valence-electron chi connectivity index (χ2n) is 4.72. The highest BCUT2D eigenvalue weighted by Gasteiger charge is 2.01. The molecular weight excluding hydrogens is 276 g/mol. The quantitative estimate of drug-likeness (QED) is 0.641. The summed E-state index contributed by atoms with van der Waals surface area (Å²) in [6.07, 6.45) is 1.07. The number of hydrogen-bond acceptors (Lipinski definition) is 3. The van der Waals surface area contributed by atoms with Crippen LogP contribution in [-0.2, 0) is 16.0 Å². The van der Waals surface area contributed by atoms with E-state index in [1.165, 1.54) is 7.11 Å². The Balaban J connectivity index is 2.06. The van der Waals surface area contributed by atoms with Gasteiger partial charge in [0, 0.05) is 12.0 Å². The van der Waals surface area contributed by atoms with Crippen LogP contribution in [0.4, 0.5) is 0 Å². The normalized spacial score (nSPS) is 9.55. The minimum absolute atomic E-state index is 0.194. The summed E-state index contributed by atoms with van der Waals surface area (Å²) in [4.78, 5) is 11.1. The fourth-order valence-corrected chi connectivity index (χ4v) is 1.99. The largest absolute Gasteiger partial charge is 0.495 e. The Kier molecular flexibility index (Phi) is 5.62. The maximum Gasteiger partial charge on any atom is 0.305 e. The number of para-hydroxylation sites is 1. The van der Waals surface area contributed by atoms with E-state index in [1.54, 1.807) is 7.11 Å². The second-order valence-corrected chi connectivity index (χ2v) is 4.72. The highest BCUT2D eigenvalue weighted by Crippen LogP contribution is 2.16. The Morgan fingerprint density at radius 2 is 1.73 bits per heavy atom. The maximum atomic E-state index is 11.1. The molecule has 0 saturated carbocycles. The van der Waals surface area contributed by atoms with Crippen LogP contribution in [0.15, 0.2) is 48.5 Å². The summed E-state index contributed by atoms with van der Waals surface area (Å²) in [5.41, 5.74) is 2.88. The summed E-state index contributed by atoms with van der Waals surface area (Å²) >= 11 is 0. The molecule has 3 heteroatoms. The SMILES string of the molecule is COC(=O)CCc1ccc(C#Cc2ccccc2OC)cc1. The molecule has 0 aliphatic heterocycles. The predicted octanol–water partition coefficient (Wildman–Crippen LogP) is 3.20. The van der Waals surface area contributed by atoms with Gasteiger partial charge >= 0.3 is 5.97 Å². The van der Waals surface area contributed by atoms with E-state index < -0.39 is 0 Å². The van der Waals surface area contributed by atoms with Gasteiger partial charge in [0.2, 0.25) is 0 Å². The molecule has 0 spiro atoms. The van der Waals surface area contributed by atoms with Gasteiger partial charge < -0.3 is 9.47 Å². The van der Waals surface area contributed by atoms with E-state index in [4.69, 9.17) is 4.74 Å². The molecule has 2 rings (SSSR count). The van der Waals surface area contributed by atoms with Crippen LogP contribution in [0.3, 0.4) is 0 Å². The van der Waals surface area contributed by atoms with Crippen molar-refractivity contribution in [1.82, 2.24) is 0 Å². The minimum atomic E-state index is -0.194. The number of rotatable bonds is 4. The summed E-state index contributed by atoms with van der Waals surface area (Å²) in [7, 11) is 3.04. The van der Waals surface area contributed by atoms with Crippen LogP contribution in [0.2, 0.25) is 0 Å². The molecule has 0 N–H and O–H groups in total. The average molecular weight is 294 g/mol. The molecule has 0 aliphatic carbocycles. The third-order valence-corrected chi connectivity index (χ3v) is 3.25. The van der Waals surface area contributed by atoms with Crippen molar-refractivity contribution in [2.75, 3.05) is 14.2 Å². The van der Waals surface area contributed by atoms with Gasteiger partial charge in [0.1, 0.15) is 5.75 Å². The molecule has 0 atom stereocenters. The number of hydrogen-bond donors (Lipinski definition) is 0. The Labute approximate surface area is 130 Å². The van der Waals surface area contributed by atoms with Crippen molar-refractivity contribution in [3.63, 3.8) is 0 Å². The van der Waals surface area contributed by atoms with E-state index in [9.17, 15) is 4.79 Å². The molecule has 0 aliphatic rings. The number of aryl methyl sites for hydroxylation is 1. The smallest absolute Gasteiger partial charge is 0.305 e. The van der Waals surface area contributed by atoms with Gasteiger partial charge in [0.05, 0.1) is 19.8 Å². The Morgan fingerprint density at radius 3 is 2.41 bits per heavy atom. The predicted molar refractivity (Wildman–Crippen MR) is 85.8 cm³/mol. The topological polar surface area (TPSA) is 35.5 Å². The van der Waals surface area contributed by atoms with Crippen molar-refractivity contribution in [3.05, 3.63) is 65.2 Å². The fraction of sp³-hybridized carbons (Fsp3) is 0.211. The molecule has 0 bridgehead atoms. The second kappa shape index (κ2) is 7.90. The molecule has 0 heterocycles. The molecule has 22 heavy (non-hydrogen) atoms. The van der Waals surface area contributed by atoms with Gasteiger partial charge in [-0.2, -0.15) is 0 Å². The van der Waals surface area contributed by atoms with E-state index in [2.05, 4.69) is 16.6 Å². The van der Waals surface area contributed by atoms with Crippen LogP contribution >= 0.6 is 0 Å². The van der Waals surface area contributed by atoms with Crippen LogP contribution in [0.25, 0.3) is 0 Å². The van der Waals surface area contributed by atoms with E-state index in [-0.39, 0.29) is 5.97 Å². The number of benzene rings is 2. The van der Waals surface area contributed by atoms with Crippen molar-refractivity contribution < 1.29 is 14.3 Å². The van der Waals surface area contributed by atoms with Crippen molar-refractivity contribution in [3.8, 4) is 17.6 Å². The first-order chi connectivity index (χ1) is 10.7. The molecule has 112 valence electrons. The zero-order chi connectivity index (χ0) is 15.8. The van der Waals surface area contributed by atoms with E-state index in [0.717, 1.165) is 22.4 Å². The number of esters is 1. The van der Waals surface area contributed by atoms with Crippen molar-refractivity contribution in [1.29, 1.82) is 0 Å². The highest BCUT2D eigenvalue weighted by atomic mass is 16.5. The zero-order valence-electron chi connectivity index (χ0n) is 12.8. The summed E-state index contributed by atoms with van der Waals surface area (Å²) in [6.45, 7) is 0. The summed E-state index contributed by atoms with van der Waals surface area (Å²) in [5, 5.41) is 0. The summed E-state index contributed by atoms with van der Waals surface area (Å²) < 4.78 is 9.90. The lowest BCUT2D eigenvalue weighted by Crippen LogP contribution is -2.01. The summed E-state index contributed by atoms with van der Waals surface area (Å²) in [6, 6.07) is 15.5. The first-order valence-corrected chi connectivity index (χ1v) is 7.03. The molecular formula is C19H18O3. The lowest BCUT2D eigenvalue weighted by Gasteiger charge is -2.02. The number of carbonyl (C=O) groups is 1. The monoisotopic (exact) mass is 294 g/mol. The Bertz CT molecular complexity index is 691. The number of methoxy groups -OCH3 is 2. The molecule has 2 aromatic rings. The molecule has 0 fully saturated rings. The molecule has 0 radical (unpaired) electrons. The van der Waals surface area contributed by atoms with E-state index in [1.807, 2.05) is 48.5 Å². The van der Waals surface area contributed by atoms with Gasteiger partial charge in [-0.3, -0.25) is 4.79 Å². The van der Waals surface area contributed by atoms with Gasteiger partial charge in [-0.1, -0.05) is 36.1 Å². The zero-order valence-corrected chi connectivity index (χ0v) is 12.8. The fourth-order valence-electron chi connectivity index (χ4n) is 1.99. The van der Waals surface area contributed by atoms with E-state index >= 15 is 0 Å². The molecule has 0 unspecified atom stereocenters. The van der Waals surface area contributed by atoms with Crippen LogP contribution in [0.5, 0.6) is 5.75 Å². The minimum Gasteiger partial charge on any atom is -0.495 e. The number of carbonyl (C=O) groups excluding carboxylic acids is 1. The molecule has 0 saturated heterocycles. The van der Waals surface area contributed by atoms with Crippen LogP contribution in [-0.4, -0.2) is 20.2 Å². The third-order valence-electron chi connectivity index (χ3n) is 3.25. The van der Waals surface area contributed by atoms with Crippen LogP contribution in [0, 0.1) is 11.8 Å². The standard InChI is InChI=1S/C19H18O3/c1-21-18-6-4-3-5-17(18)13-11-15-7-9-16(10-8-15)12-14-19(20)22-2/h3-10H,12,14H2,1-2H3. The Morgan fingerprint density at radius 1 is 1.00 bits per heavy atom. The molecule has 3 nitrogen and oxygen atoms in total. The average Bonchev–Trinajstić information content (AvgIpc) is 2.58. The van der Waals surface area contributed by atoms with Crippen LogP contribution in [0.1, 0.15) is 23.1 Å². The van der Waals surface area contributed by atoms with Gasteiger partial charge in [-0.15, -0.1) is 0 Å². The first kappa shape index (κ1) is 15.7. The first-order valence-electron chi connectivity index (χ1n) is 7.03. The maximum absolute atomic E-state index is 11.1. The molecule has 0 aromatic heterocycles. The highest BCUT2D eigenvalue weighted by molar-refractivity contribution is 5.69. The van der Waals surface area contributed by atoms with Gasteiger partial charge in [-0.05, 0) is 36.2 Å². The summed E-state index contributed by atoms with van der Waals surface area (Å²) in [5.74, 6) is 6.80. The Hall–Kier alpha value is -2.73. The molecule has 0 amide bonds. The molecule has 2 aromatic carbocycles. The van der Waals surface area contributed by atoms with Crippen molar-refractivity contribution >= 4 is 5.97 Å².